The molecule has 2 aromatic heterocycles. The highest BCUT2D eigenvalue weighted by Crippen LogP contribution is 2.33. The summed E-state index contributed by atoms with van der Waals surface area (Å²) < 4.78 is 18.4. The van der Waals surface area contributed by atoms with Crippen molar-refractivity contribution >= 4 is 87.7 Å². The fourth-order valence-corrected chi connectivity index (χ4v) is 12.5. The second-order valence-electron chi connectivity index (χ2n) is 23.6. The van der Waals surface area contributed by atoms with E-state index in [4.69, 9.17) is 31.4 Å². The molecular formula is C62H89N17O14S. The molecule has 10 atom stereocenters. The number of carbonyl (C=O) groups excluding carboxylic acids is 10. The van der Waals surface area contributed by atoms with Gasteiger partial charge in [-0.05, 0) is 94.5 Å². The number of nitrogens with zero attached hydrogens (tertiary/aromatic N) is 4. The van der Waals surface area contributed by atoms with E-state index in [1.165, 1.54) is 42.8 Å². The number of urea groups is 1. The highest BCUT2D eigenvalue weighted by atomic mass is 32.2. The SMILES string of the molecule is C[C@H]1NC(=O)[C@@H](C)NC(=O)[C@@H](CCCN=C(N)N)NC(=O)[C@@H](Cc2ccc(O)cc2)NC(=O)[C@@H](Cc2c[nH]c3ccccc23)NC(=O)[C@@H](NC(=O)COCCOCCOCCCC(=O)CCCC[C@H]2SC[C@H]3NC(=O)N[C@H]32)Cc2cn(nn2)CCCC[C@@H](C(N)=O)NC1=O. The van der Waals surface area contributed by atoms with Crippen LogP contribution in [0.4, 0.5) is 4.79 Å². The number of guanidine groups is 1. The Morgan fingerprint density at radius 3 is 2.11 bits per heavy atom. The molecule has 0 spiro atoms. The molecule has 2 aromatic carbocycles. The van der Waals surface area contributed by atoms with Crippen molar-refractivity contribution in [2.24, 2.45) is 22.2 Å². The van der Waals surface area contributed by atoms with Gasteiger partial charge in [0.05, 0.1) is 44.2 Å². The Labute approximate surface area is 548 Å². The number of H-pyrrole nitrogens is 1. The molecule has 0 unspecified atom stereocenters. The van der Waals surface area contributed by atoms with E-state index in [2.05, 4.69) is 68.1 Å². The van der Waals surface area contributed by atoms with Crippen LogP contribution in [0.25, 0.3) is 10.9 Å². The number of thioether (sulfide) groups is 1. The van der Waals surface area contributed by atoms with E-state index in [9.17, 15) is 48.3 Å². The summed E-state index contributed by atoms with van der Waals surface area (Å²) in [6.45, 7) is 3.52. The van der Waals surface area contributed by atoms with Crippen molar-refractivity contribution in [1.29, 1.82) is 0 Å². The molecule has 94 heavy (non-hydrogen) atoms. The molecule has 512 valence electrons. The number of amides is 10. The van der Waals surface area contributed by atoms with E-state index in [0.29, 0.717) is 55.1 Å². The first kappa shape index (κ1) is 72.5. The fraction of sp³-hybridized carbons (Fsp3) is 0.565. The third-order valence-corrected chi connectivity index (χ3v) is 17.6. The lowest BCUT2D eigenvalue weighted by molar-refractivity contribution is -0.135. The number of ketones is 1. The van der Waals surface area contributed by atoms with Crippen LogP contribution in [0.1, 0.15) is 101 Å². The van der Waals surface area contributed by atoms with Crippen LogP contribution in [0.5, 0.6) is 5.75 Å². The molecular weight excluding hydrogens is 1240 g/mol. The monoisotopic (exact) mass is 1330 g/mol. The van der Waals surface area contributed by atoms with Gasteiger partial charge in [-0.25, -0.2) is 4.79 Å². The molecule has 17 N–H and O–H groups in total. The summed E-state index contributed by atoms with van der Waals surface area (Å²) >= 11 is 1.86. The molecule has 2 fully saturated rings. The molecule has 31 nitrogen and oxygen atoms in total. The van der Waals surface area contributed by atoms with Crippen LogP contribution in [0, 0.1) is 0 Å². The van der Waals surface area contributed by atoms with Gasteiger partial charge in [0.2, 0.25) is 47.3 Å². The molecule has 10 amide bonds. The van der Waals surface area contributed by atoms with E-state index < -0.39 is 96.2 Å². The summed E-state index contributed by atoms with van der Waals surface area (Å²) in [4.78, 5) is 143. The van der Waals surface area contributed by atoms with Gasteiger partial charge in [-0.15, -0.1) is 5.10 Å². The Morgan fingerprint density at radius 2 is 1.36 bits per heavy atom. The van der Waals surface area contributed by atoms with Crippen LogP contribution in [-0.2, 0) is 83.2 Å². The van der Waals surface area contributed by atoms with Crippen molar-refractivity contribution in [3.05, 3.63) is 77.7 Å². The normalized spacial score (nSPS) is 23.6. The molecule has 5 heterocycles. The van der Waals surface area contributed by atoms with Gasteiger partial charge in [0, 0.05) is 86.1 Å². The fourth-order valence-electron chi connectivity index (χ4n) is 11.0. The number of fused-ring (bicyclic) bond motifs is 4. The first-order valence-electron chi connectivity index (χ1n) is 31.8. The van der Waals surface area contributed by atoms with Crippen molar-refractivity contribution < 1.29 is 67.3 Å². The standard InChI is InChI=1S/C62H89N17O14S/c1-36-55(84)68-37(2)56(85)71-45(54(63)83)15-7-8-23-79-33-40(77-78-79)31-49(70-52(82)34-93-28-27-92-26-25-91-24-10-12-41(80)11-3-6-17-51-53-50(35-94-51)75-62(90)76-53)60(89)74-48(30-39-32-67-44-14-5-4-13-43(39)44)59(88)73-47(29-38-18-20-42(81)21-19-38)58(87)72-46(57(86)69-36)16-9-22-66-61(64)65/h4-5,13-14,18-21,32-33,36-37,45-51,53,67,81H,3,6-12,15-17,22-31,34-35H2,1-2H3,(H2,63,83)(H,68,84)(H,69,86)(H,70,82)(H,71,85)(H,72,87)(H,73,88)(H,74,89)(H4,64,65,66)(H2,75,76,90)/t36-,37-,45+,46-,47-,48-,49+,50-,51-,53-/m1/s1. The van der Waals surface area contributed by atoms with E-state index in [-0.39, 0.29) is 119 Å². The van der Waals surface area contributed by atoms with Crippen LogP contribution in [0.15, 0.2) is 65.9 Å². The van der Waals surface area contributed by atoms with Gasteiger partial charge in [0.1, 0.15) is 60.4 Å². The summed E-state index contributed by atoms with van der Waals surface area (Å²) in [5, 5.41) is 44.4. The highest BCUT2D eigenvalue weighted by molar-refractivity contribution is 8.00. The lowest BCUT2D eigenvalue weighted by Crippen LogP contribution is -2.60. The zero-order valence-corrected chi connectivity index (χ0v) is 53.8. The van der Waals surface area contributed by atoms with E-state index in [0.717, 1.165) is 35.9 Å². The molecule has 0 saturated carbocycles. The summed E-state index contributed by atoms with van der Waals surface area (Å²) in [6, 6.07) is 4.03. The van der Waals surface area contributed by atoms with Crippen molar-refractivity contribution in [2.75, 3.05) is 51.9 Å². The predicted octanol–water partition coefficient (Wildman–Crippen LogP) is -1.23. The van der Waals surface area contributed by atoms with Gasteiger partial charge in [0.25, 0.3) is 0 Å². The Balaban J connectivity index is 1.03. The maximum Gasteiger partial charge on any atom is 0.315 e. The Bertz CT molecular complexity index is 3250. The number of aliphatic imine (C=N–C) groups is 1. The number of hydrogen-bond acceptors (Lipinski definition) is 18. The number of hydrogen-bond donors (Lipinski definition) is 14. The average molecular weight is 1330 g/mol. The molecule has 0 radical (unpaired) electrons. The van der Waals surface area contributed by atoms with Gasteiger partial charge in [-0.1, -0.05) is 42.0 Å². The largest absolute Gasteiger partial charge is 0.508 e. The Hall–Kier alpha value is -8.88. The molecule has 7 rings (SSSR count). The number of primary amides is 1. The topological polar surface area (TPSA) is 464 Å². The number of Topliss-reactive ketones (excluding diaryl/α,β-unsaturated/α-hetero) is 1. The van der Waals surface area contributed by atoms with Crippen LogP contribution >= 0.6 is 11.8 Å². The van der Waals surface area contributed by atoms with Crippen LogP contribution in [-0.4, -0.2) is 202 Å². The molecule has 32 heteroatoms. The van der Waals surface area contributed by atoms with Crippen LogP contribution in [0.3, 0.4) is 0 Å². The zero-order chi connectivity index (χ0) is 67.5. The highest BCUT2D eigenvalue weighted by Gasteiger charge is 2.43. The number of aromatic nitrogens is 4. The van der Waals surface area contributed by atoms with Gasteiger partial charge in [-0.3, -0.25) is 52.8 Å². The Morgan fingerprint density at radius 1 is 0.702 bits per heavy atom. The van der Waals surface area contributed by atoms with Crippen molar-refractivity contribution in [3.8, 4) is 5.75 Å². The van der Waals surface area contributed by atoms with Crippen LogP contribution < -0.4 is 65.1 Å². The van der Waals surface area contributed by atoms with Crippen molar-refractivity contribution in [1.82, 2.24) is 67.8 Å². The maximum atomic E-state index is 15.0. The van der Waals surface area contributed by atoms with Gasteiger partial charge in [0.15, 0.2) is 5.96 Å². The average Bonchev–Trinajstić information content (AvgIpc) is 1.65. The number of unbranched alkanes of at least 4 members (excludes halogenated alkanes) is 1. The maximum absolute atomic E-state index is 15.0. The number of carbonyl (C=O) groups is 10. The molecule has 2 saturated heterocycles. The second-order valence-corrected chi connectivity index (χ2v) is 24.8. The number of ether oxygens (including phenoxy) is 3. The molecule has 0 aliphatic carbocycles. The molecule has 3 aliphatic rings. The zero-order valence-electron chi connectivity index (χ0n) is 53.0. The number of nitrogens with one attached hydrogen (secondary N) is 10. The minimum absolute atomic E-state index is 0.00384. The number of aryl methyl sites for hydroxylation is 1. The lowest BCUT2D eigenvalue weighted by atomic mass is 10.0. The third kappa shape index (κ3) is 23.6. The van der Waals surface area contributed by atoms with Gasteiger partial charge < -0.3 is 89.4 Å². The minimum Gasteiger partial charge on any atom is -0.508 e. The smallest absolute Gasteiger partial charge is 0.315 e. The van der Waals surface area contributed by atoms with Crippen molar-refractivity contribution in [3.63, 3.8) is 0 Å². The predicted molar refractivity (Wildman–Crippen MR) is 346 cm³/mol. The minimum atomic E-state index is -1.47. The molecule has 3 aliphatic heterocycles. The van der Waals surface area contributed by atoms with E-state index >= 15 is 4.79 Å². The second kappa shape index (κ2) is 37.1. The number of para-hydroxylation sites is 1. The van der Waals surface area contributed by atoms with Gasteiger partial charge in [-0.2, -0.15) is 11.8 Å². The number of phenolic OH excluding ortho intramolecular Hbond substituents is 1. The van der Waals surface area contributed by atoms with Crippen LogP contribution in [0.2, 0.25) is 0 Å². The number of aromatic amines is 1. The third-order valence-electron chi connectivity index (χ3n) is 16.1. The number of rotatable bonds is 27. The van der Waals surface area contributed by atoms with E-state index in [1.807, 2.05) is 30.0 Å². The molecule has 2 bridgehead atoms. The summed E-state index contributed by atoms with van der Waals surface area (Å²) in [6.07, 6.45) is 7.79. The summed E-state index contributed by atoms with van der Waals surface area (Å²) in [5.41, 5.74) is 18.9. The number of aromatic hydroxyl groups is 1. The van der Waals surface area contributed by atoms with E-state index in [1.54, 1.807) is 18.5 Å². The number of phenols is 1. The Kier molecular flexibility index (Phi) is 28.7. The lowest BCUT2D eigenvalue weighted by Gasteiger charge is -2.27. The number of nitrogens with two attached hydrogens (primary N) is 3. The molecule has 4 aromatic rings. The quantitative estimate of drug-likeness (QED) is 0.0144. The number of benzene rings is 2. The summed E-state index contributed by atoms with van der Waals surface area (Å²) in [5.74, 6) is -5.63. The van der Waals surface area contributed by atoms with Crippen molar-refractivity contribution in [2.45, 2.75) is 170 Å². The van der Waals surface area contributed by atoms with Gasteiger partial charge >= 0.3 is 6.03 Å². The first-order chi connectivity index (χ1) is 45.2. The first-order valence-corrected chi connectivity index (χ1v) is 32.9. The summed E-state index contributed by atoms with van der Waals surface area (Å²) in [7, 11) is 0.